The monoisotopic (exact) mass is 1840 g/mol. The summed E-state index contributed by atoms with van der Waals surface area (Å²) < 4.78 is 0. The Hall–Kier alpha value is -16.4. The maximum Gasteiger partial charge on any atom is 0.0165 e. The van der Waals surface area contributed by atoms with Crippen molar-refractivity contribution < 1.29 is 0 Å². The van der Waals surface area contributed by atoms with Gasteiger partial charge in [0.1, 0.15) is 0 Å². The Labute approximate surface area is 845 Å². The lowest BCUT2D eigenvalue weighted by molar-refractivity contribution is 0.647. The molecular weight excluding hydrogens is 1730 g/mol. The van der Waals surface area contributed by atoms with Crippen molar-refractivity contribution in [1.82, 2.24) is 0 Å². The quantitative estimate of drug-likeness (QED) is 0.142. The average Bonchev–Trinajstić information content (AvgIpc) is 1.53. The molecule has 23 aromatic carbocycles. The van der Waals surface area contributed by atoms with Crippen molar-refractivity contribution >= 4 is 64.6 Å². The van der Waals surface area contributed by atoms with Gasteiger partial charge in [0.15, 0.2) is 0 Å². The second-order valence-electron chi connectivity index (χ2n) is 44.5. The number of rotatable bonds is 8. The van der Waals surface area contributed by atoms with E-state index < -0.39 is 0 Å². The Kier molecular flexibility index (Phi) is 19.3. The van der Waals surface area contributed by atoms with Gasteiger partial charge >= 0.3 is 0 Å². The van der Waals surface area contributed by atoms with Crippen molar-refractivity contribution in [1.29, 1.82) is 0 Å². The van der Waals surface area contributed by atoms with Crippen LogP contribution in [0.3, 0.4) is 0 Å². The van der Waals surface area contributed by atoms with E-state index in [9.17, 15) is 0 Å². The second-order valence-corrected chi connectivity index (χ2v) is 44.5. The molecule has 0 aromatic heterocycles. The largest absolute Gasteiger partial charge is 0.0622 e. The van der Waals surface area contributed by atoms with Gasteiger partial charge in [0.05, 0.1) is 0 Å². The van der Waals surface area contributed by atoms with Crippen LogP contribution in [-0.4, -0.2) is 0 Å². The summed E-state index contributed by atoms with van der Waals surface area (Å²) in [5.74, 6) is 0. The molecule has 6 aliphatic carbocycles. The van der Waals surface area contributed by atoms with E-state index in [-0.39, 0.29) is 32.5 Å². The summed E-state index contributed by atoms with van der Waals surface area (Å²) in [6.45, 7) is 28.8. The summed E-state index contributed by atoms with van der Waals surface area (Å²) >= 11 is 0. The van der Waals surface area contributed by atoms with E-state index in [1.54, 1.807) is 0 Å². The fraction of sp³-hybridized carbons (Fsp3) is 0.125. The second kappa shape index (κ2) is 32.1. The van der Waals surface area contributed by atoms with E-state index in [2.05, 4.69) is 532 Å². The fourth-order valence-electron chi connectivity index (χ4n) is 26.5. The lowest BCUT2D eigenvalue weighted by Gasteiger charge is -2.26. The van der Waals surface area contributed by atoms with Crippen LogP contribution < -0.4 is 0 Å². The first-order valence-electron chi connectivity index (χ1n) is 51.5. The predicted octanol–water partition coefficient (Wildman–Crippen LogP) is 39.2. The Bertz CT molecular complexity index is 9420. The van der Waals surface area contributed by atoms with Gasteiger partial charge in [0.25, 0.3) is 0 Å². The van der Waals surface area contributed by atoms with E-state index in [4.69, 9.17) is 0 Å². The SMILES string of the molecule is CC1(C)c2cc(-c3cc(-c4ccc5ccc(-c6ccccc6)cc5c4)cc4ccccc34)ccc2-c2c1ccc1c2C(C)(C)c2ccccc2-1.CC1(C)c2cc(-c3ccc4cc(-c5ccc6ccccc6c5)ccc4c3)ccc2-c2c1ccc1c2C(C)(C)c2ccccc2-1.CC1(C)c2ccccc2-c2cc3c(cc21)-c1ccc(-c2cc(-c4ccc5ccc(-c6ccccc6)cc5c4)cc4ccccc24)cc1C3(C)C. The molecule has 0 heteroatoms. The molecule has 0 bridgehead atoms. The molecule has 686 valence electrons. The topological polar surface area (TPSA) is 0 Å². The van der Waals surface area contributed by atoms with Crippen LogP contribution in [0.4, 0.5) is 0 Å². The minimum Gasteiger partial charge on any atom is -0.0622 e. The van der Waals surface area contributed by atoms with Gasteiger partial charge in [-0.1, -0.05) is 435 Å². The number of hydrogen-bond donors (Lipinski definition) is 0. The van der Waals surface area contributed by atoms with Crippen molar-refractivity contribution in [2.75, 3.05) is 0 Å². The smallest absolute Gasteiger partial charge is 0.0165 e. The molecule has 0 amide bonds. The van der Waals surface area contributed by atoms with Crippen LogP contribution >= 0.6 is 0 Å². The lowest BCUT2D eigenvalue weighted by Crippen LogP contribution is -2.18. The first kappa shape index (κ1) is 86.7. The van der Waals surface area contributed by atoms with Crippen LogP contribution in [0.1, 0.15) is 150 Å². The average molecular weight is 1840 g/mol. The molecule has 23 aromatic rings. The van der Waals surface area contributed by atoms with Crippen LogP contribution in [0.5, 0.6) is 0 Å². The highest BCUT2D eigenvalue weighted by molar-refractivity contribution is 6.07. The molecule has 144 heavy (non-hydrogen) atoms. The molecule has 0 saturated heterocycles. The van der Waals surface area contributed by atoms with Crippen LogP contribution in [-0.2, 0) is 32.5 Å². The zero-order chi connectivity index (χ0) is 97.3. The normalized spacial score (nSPS) is 14.9. The summed E-state index contributed by atoms with van der Waals surface area (Å²) in [5, 5.41) is 15.2. The van der Waals surface area contributed by atoms with Crippen LogP contribution in [0.15, 0.2) is 449 Å². The van der Waals surface area contributed by atoms with Gasteiger partial charge < -0.3 is 0 Å². The van der Waals surface area contributed by atoms with Gasteiger partial charge in [-0.05, 0) is 384 Å². The summed E-state index contributed by atoms with van der Waals surface area (Å²) in [4.78, 5) is 0. The molecule has 0 nitrogen and oxygen atoms in total. The maximum atomic E-state index is 2.51. The third-order valence-corrected chi connectivity index (χ3v) is 34.3. The highest BCUT2D eigenvalue weighted by atomic mass is 14.5. The zero-order valence-electron chi connectivity index (χ0n) is 83.7. The van der Waals surface area contributed by atoms with Gasteiger partial charge in [-0.3, -0.25) is 0 Å². The van der Waals surface area contributed by atoms with E-state index in [1.165, 1.54) is 287 Å². The van der Waals surface area contributed by atoms with E-state index in [0.29, 0.717) is 0 Å². The molecule has 0 radical (unpaired) electrons. The summed E-state index contributed by atoms with van der Waals surface area (Å²) in [5.41, 5.74) is 53.8. The van der Waals surface area contributed by atoms with Crippen molar-refractivity contribution in [3.05, 3.63) is 516 Å². The number of benzene rings is 23. The Balaban J connectivity index is 0.000000108. The molecule has 0 N–H and O–H groups in total. The molecular formula is C144H110. The fourth-order valence-corrected chi connectivity index (χ4v) is 26.5. The van der Waals surface area contributed by atoms with Gasteiger partial charge in [-0.15, -0.1) is 0 Å². The highest BCUT2D eigenvalue weighted by Gasteiger charge is 2.48. The molecule has 0 unspecified atom stereocenters. The van der Waals surface area contributed by atoms with E-state index in [0.717, 1.165) is 0 Å². The van der Waals surface area contributed by atoms with Gasteiger partial charge in [0, 0.05) is 32.5 Å². The molecule has 29 rings (SSSR count). The van der Waals surface area contributed by atoms with Crippen LogP contribution in [0.2, 0.25) is 0 Å². The molecule has 0 spiro atoms. The molecule has 0 aliphatic heterocycles. The first-order chi connectivity index (χ1) is 69.9. The maximum absolute atomic E-state index is 2.51. The van der Waals surface area contributed by atoms with E-state index >= 15 is 0 Å². The minimum atomic E-state index is -0.112. The number of fused-ring (bicyclic) bond motifs is 26. The summed E-state index contributed by atoms with van der Waals surface area (Å²) in [6.07, 6.45) is 0. The Morgan fingerprint density at radius 3 is 0.792 bits per heavy atom. The molecule has 6 aliphatic rings. The zero-order valence-corrected chi connectivity index (χ0v) is 83.7. The Morgan fingerprint density at radius 2 is 0.361 bits per heavy atom. The van der Waals surface area contributed by atoms with Gasteiger partial charge in [-0.2, -0.15) is 0 Å². The van der Waals surface area contributed by atoms with Crippen molar-refractivity contribution in [2.24, 2.45) is 0 Å². The van der Waals surface area contributed by atoms with Gasteiger partial charge in [-0.25, -0.2) is 0 Å². The Morgan fingerprint density at radius 1 is 0.111 bits per heavy atom. The van der Waals surface area contributed by atoms with Crippen LogP contribution in [0, 0.1) is 0 Å². The molecule has 0 fully saturated rings. The number of hydrogen-bond acceptors (Lipinski definition) is 0. The van der Waals surface area contributed by atoms with Crippen molar-refractivity contribution in [2.45, 2.75) is 116 Å². The molecule has 0 atom stereocenters. The lowest BCUT2D eigenvalue weighted by atomic mass is 9.77. The first-order valence-corrected chi connectivity index (χ1v) is 51.5. The van der Waals surface area contributed by atoms with Crippen molar-refractivity contribution in [3.63, 3.8) is 0 Å². The highest BCUT2D eigenvalue weighted by Crippen LogP contribution is 2.64. The molecule has 0 saturated carbocycles. The third kappa shape index (κ3) is 13.4. The standard InChI is InChI=1S/2C50H38.C44H34/c1-49(2)45-17-11-10-16-40(45)43-29-48-44(30-47(43)49)41-23-22-36(28-46(41)50(48,3)4)42-27-38(26-35-14-8-9-15-39(35)42)34-21-19-32-18-20-33(24-37(32)25-34)31-12-6-5-7-13-31;1-49(2)45-25-24-41-40-16-10-11-17-44(40)50(3,4)48(41)47(45)42-23-22-36(30-46(42)49)43-29-38(28-35-14-8-9-15-39(35)43)34-21-19-32-18-20-33(26-37(32)27-34)31-12-6-5-7-13-31;1-43(2)39-22-21-36-35-11-7-8-12-38(35)44(3,4)42(36)41(39)37-20-19-34(26-40(37)43)33-18-17-31-24-30(15-16-32(31)25-33)29-14-13-27-9-5-6-10-28(27)23-29/h2*5-30H,1-4H3;5-26H,1-4H3. The minimum absolute atomic E-state index is 0.0149. The molecule has 0 heterocycles. The van der Waals surface area contributed by atoms with Crippen molar-refractivity contribution in [3.8, 4) is 156 Å². The van der Waals surface area contributed by atoms with E-state index in [1.807, 2.05) is 0 Å². The summed E-state index contributed by atoms with van der Waals surface area (Å²) in [6, 6.07) is 168. The van der Waals surface area contributed by atoms with Crippen LogP contribution in [0.25, 0.3) is 220 Å². The third-order valence-electron chi connectivity index (χ3n) is 34.3. The van der Waals surface area contributed by atoms with Gasteiger partial charge in [0.2, 0.25) is 0 Å². The summed E-state index contributed by atoms with van der Waals surface area (Å²) in [7, 11) is 0. The predicted molar refractivity (Wildman–Crippen MR) is 613 cm³/mol.